The van der Waals surface area contributed by atoms with Gasteiger partial charge in [-0.2, -0.15) is 0 Å². The predicted octanol–water partition coefficient (Wildman–Crippen LogP) is 12.9. The van der Waals surface area contributed by atoms with Crippen molar-refractivity contribution in [2.24, 2.45) is 0 Å². The van der Waals surface area contributed by atoms with Crippen molar-refractivity contribution in [2.75, 3.05) is 0 Å². The second kappa shape index (κ2) is 12.9. The Kier molecular flexibility index (Phi) is 7.43. The number of hydrogen-bond acceptors (Lipinski definition) is 4. The van der Waals surface area contributed by atoms with Crippen LogP contribution < -0.4 is 0 Å². The topological polar surface area (TPSA) is 51.8 Å². The Bertz CT molecular complexity index is 2920. The molecule has 2 aromatic heterocycles. The average Bonchev–Trinajstić information content (AvgIpc) is 3.64. The van der Waals surface area contributed by atoms with Gasteiger partial charge in [0, 0.05) is 32.8 Å². The quantitative estimate of drug-likeness (QED) is 0.176. The normalized spacial score (nSPS) is 11.4. The van der Waals surface area contributed by atoms with Gasteiger partial charge in [0.25, 0.3) is 0 Å². The van der Waals surface area contributed by atoms with Gasteiger partial charge in [0.1, 0.15) is 11.2 Å². The zero-order valence-electron chi connectivity index (χ0n) is 28.6. The molecule has 248 valence electrons. The molecular formula is C49H31N3O. The van der Waals surface area contributed by atoms with Crippen molar-refractivity contribution >= 4 is 32.7 Å². The molecule has 0 radical (unpaired) electrons. The largest absolute Gasteiger partial charge is 0.455 e. The lowest BCUT2D eigenvalue weighted by Gasteiger charge is -2.12. The van der Waals surface area contributed by atoms with Crippen LogP contribution in [0.5, 0.6) is 0 Å². The van der Waals surface area contributed by atoms with Gasteiger partial charge in [-0.05, 0) is 69.1 Å². The summed E-state index contributed by atoms with van der Waals surface area (Å²) in [4.78, 5) is 15.1. The summed E-state index contributed by atoms with van der Waals surface area (Å²) in [5.41, 5.74) is 11.3. The molecule has 0 amide bonds. The van der Waals surface area contributed by atoms with Crippen LogP contribution in [0.2, 0.25) is 0 Å². The molecule has 0 spiro atoms. The third-order valence-corrected chi connectivity index (χ3v) is 9.92. The monoisotopic (exact) mass is 677 g/mol. The summed E-state index contributed by atoms with van der Waals surface area (Å²) in [5.74, 6) is 1.87. The fourth-order valence-corrected chi connectivity index (χ4v) is 7.28. The maximum Gasteiger partial charge on any atom is 0.164 e. The molecular weight excluding hydrogens is 647 g/mol. The van der Waals surface area contributed by atoms with Gasteiger partial charge in [-0.25, -0.2) is 15.0 Å². The lowest BCUT2D eigenvalue weighted by Crippen LogP contribution is -2.00. The van der Waals surface area contributed by atoms with E-state index in [0.717, 1.165) is 71.7 Å². The minimum absolute atomic E-state index is 0.614. The average molecular weight is 678 g/mol. The Morgan fingerprint density at radius 2 is 0.811 bits per heavy atom. The van der Waals surface area contributed by atoms with Gasteiger partial charge < -0.3 is 4.42 Å². The summed E-state index contributed by atoms with van der Waals surface area (Å²) in [7, 11) is 0. The maximum absolute atomic E-state index is 6.62. The maximum atomic E-state index is 6.62. The molecule has 0 aliphatic rings. The van der Waals surface area contributed by atoms with Gasteiger partial charge in [0.15, 0.2) is 17.5 Å². The zero-order chi connectivity index (χ0) is 35.1. The van der Waals surface area contributed by atoms with E-state index in [1.54, 1.807) is 0 Å². The molecule has 8 aromatic carbocycles. The van der Waals surface area contributed by atoms with E-state index in [9.17, 15) is 0 Å². The van der Waals surface area contributed by atoms with Crippen LogP contribution in [0, 0.1) is 0 Å². The number of benzene rings is 8. The number of rotatable bonds is 6. The molecule has 0 bridgehead atoms. The van der Waals surface area contributed by atoms with Crippen LogP contribution in [0.25, 0.3) is 100 Å². The summed E-state index contributed by atoms with van der Waals surface area (Å²) in [5, 5.41) is 4.39. The van der Waals surface area contributed by atoms with E-state index in [4.69, 9.17) is 19.4 Å². The summed E-state index contributed by atoms with van der Waals surface area (Å²) in [6.45, 7) is 0. The smallest absolute Gasteiger partial charge is 0.164 e. The Morgan fingerprint density at radius 3 is 1.51 bits per heavy atom. The highest BCUT2D eigenvalue weighted by Gasteiger charge is 2.18. The minimum atomic E-state index is 0.614. The number of fused-ring (bicyclic) bond motifs is 5. The molecule has 2 heterocycles. The molecule has 0 fully saturated rings. The van der Waals surface area contributed by atoms with Crippen LogP contribution in [0.1, 0.15) is 0 Å². The van der Waals surface area contributed by atoms with Crippen molar-refractivity contribution in [3.05, 3.63) is 188 Å². The lowest BCUT2D eigenvalue weighted by atomic mass is 9.93. The van der Waals surface area contributed by atoms with Gasteiger partial charge in [0.2, 0.25) is 0 Å². The van der Waals surface area contributed by atoms with Crippen LogP contribution >= 0.6 is 0 Å². The highest BCUT2D eigenvalue weighted by atomic mass is 16.3. The van der Waals surface area contributed by atoms with Crippen molar-refractivity contribution in [3.8, 4) is 67.5 Å². The molecule has 0 saturated carbocycles. The minimum Gasteiger partial charge on any atom is -0.455 e. The number of aromatic nitrogens is 3. The number of hydrogen-bond donors (Lipinski definition) is 0. The number of nitrogens with zero attached hydrogens (tertiary/aromatic N) is 3. The first kappa shape index (κ1) is 30.6. The Labute approximate surface area is 306 Å². The van der Waals surface area contributed by atoms with E-state index < -0.39 is 0 Å². The molecule has 4 heteroatoms. The second-order valence-corrected chi connectivity index (χ2v) is 13.2. The Balaban J connectivity index is 1.14. The van der Waals surface area contributed by atoms with Gasteiger partial charge >= 0.3 is 0 Å². The van der Waals surface area contributed by atoms with Gasteiger partial charge in [-0.3, -0.25) is 0 Å². The van der Waals surface area contributed by atoms with Crippen molar-refractivity contribution in [1.82, 2.24) is 15.0 Å². The molecule has 0 atom stereocenters. The Morgan fingerprint density at radius 1 is 0.321 bits per heavy atom. The van der Waals surface area contributed by atoms with Crippen LogP contribution in [-0.2, 0) is 0 Å². The second-order valence-electron chi connectivity index (χ2n) is 13.2. The highest BCUT2D eigenvalue weighted by molar-refractivity contribution is 6.21. The van der Waals surface area contributed by atoms with Crippen LogP contribution in [0.15, 0.2) is 192 Å². The molecule has 10 rings (SSSR count). The van der Waals surface area contributed by atoms with E-state index >= 15 is 0 Å². The van der Waals surface area contributed by atoms with Crippen LogP contribution in [-0.4, -0.2) is 15.0 Å². The van der Waals surface area contributed by atoms with E-state index in [1.807, 2.05) is 54.6 Å². The lowest BCUT2D eigenvalue weighted by molar-refractivity contribution is 0.673. The summed E-state index contributed by atoms with van der Waals surface area (Å²) in [6, 6.07) is 65.2. The first-order valence-corrected chi connectivity index (χ1v) is 17.8. The Hall–Kier alpha value is -7.17. The molecule has 0 aliphatic heterocycles. The van der Waals surface area contributed by atoms with Crippen molar-refractivity contribution in [1.29, 1.82) is 0 Å². The molecule has 0 aliphatic carbocycles. The number of furan rings is 1. The van der Waals surface area contributed by atoms with Gasteiger partial charge in [0.05, 0.1) is 0 Å². The van der Waals surface area contributed by atoms with Gasteiger partial charge in [-0.15, -0.1) is 0 Å². The van der Waals surface area contributed by atoms with E-state index in [2.05, 4.69) is 133 Å². The predicted molar refractivity (Wildman–Crippen MR) is 217 cm³/mol. The third kappa shape index (κ3) is 5.63. The van der Waals surface area contributed by atoms with Crippen LogP contribution in [0.4, 0.5) is 0 Å². The van der Waals surface area contributed by atoms with Gasteiger partial charge in [-0.1, -0.05) is 158 Å². The molecule has 0 N–H and O–H groups in total. The molecule has 0 saturated heterocycles. The summed E-state index contributed by atoms with van der Waals surface area (Å²) in [6.07, 6.45) is 0. The van der Waals surface area contributed by atoms with Crippen molar-refractivity contribution in [2.45, 2.75) is 0 Å². The summed E-state index contributed by atoms with van der Waals surface area (Å²) >= 11 is 0. The summed E-state index contributed by atoms with van der Waals surface area (Å²) < 4.78 is 6.62. The first-order valence-electron chi connectivity index (χ1n) is 17.8. The van der Waals surface area contributed by atoms with E-state index in [1.165, 1.54) is 11.1 Å². The third-order valence-electron chi connectivity index (χ3n) is 9.92. The molecule has 53 heavy (non-hydrogen) atoms. The highest BCUT2D eigenvalue weighted by Crippen LogP contribution is 2.42. The van der Waals surface area contributed by atoms with Crippen LogP contribution in [0.3, 0.4) is 0 Å². The van der Waals surface area contributed by atoms with E-state index in [0.29, 0.717) is 17.5 Å². The standard InChI is InChI=1S/C49H31N3O/c1-4-13-32(14-5-1)34-23-25-36(26-24-34)48-50-47(35-17-8-3-9-18-35)51-49(52-48)39-20-12-19-38(30-39)43-31-40-29-37(33-15-6-2-7-16-33)27-28-41(40)46-45(43)42-21-10-11-22-44(42)53-46/h1-31H. The van der Waals surface area contributed by atoms with Crippen molar-refractivity contribution in [3.63, 3.8) is 0 Å². The SMILES string of the molecule is c1ccc(-c2ccc(-c3nc(-c4ccccc4)nc(-c4cccc(-c5cc6cc(-c7ccccc7)ccc6c6oc7ccccc7c56)c4)n3)cc2)cc1. The fraction of sp³-hybridized carbons (Fsp3) is 0. The molecule has 10 aromatic rings. The van der Waals surface area contributed by atoms with Crippen molar-refractivity contribution < 1.29 is 4.42 Å². The van der Waals surface area contributed by atoms with E-state index in [-0.39, 0.29) is 0 Å². The molecule has 0 unspecified atom stereocenters. The molecule has 4 nitrogen and oxygen atoms in total. The number of para-hydroxylation sites is 1. The fourth-order valence-electron chi connectivity index (χ4n) is 7.28. The first-order chi connectivity index (χ1) is 26.2. The zero-order valence-corrected chi connectivity index (χ0v) is 28.6.